The highest BCUT2D eigenvalue weighted by Gasteiger charge is 2.50. The van der Waals surface area contributed by atoms with Crippen molar-refractivity contribution in [3.05, 3.63) is 35.5 Å². The van der Waals surface area contributed by atoms with Gasteiger partial charge < -0.3 is 20.6 Å². The maximum absolute atomic E-state index is 13.8. The van der Waals surface area contributed by atoms with Crippen LogP contribution in [0.4, 0.5) is 30.6 Å². The molecule has 2 aliphatic heterocycles. The average Bonchev–Trinajstić information content (AvgIpc) is 2.82. The van der Waals surface area contributed by atoms with Gasteiger partial charge in [-0.05, 0) is 94.1 Å². The zero-order valence-corrected chi connectivity index (χ0v) is 23.3. The van der Waals surface area contributed by atoms with Crippen molar-refractivity contribution in [1.29, 1.82) is 0 Å². The molecule has 1 aromatic carbocycles. The number of hydrogen-bond acceptors (Lipinski definition) is 8. The lowest BCUT2D eigenvalue weighted by Gasteiger charge is -2.49. The number of alkyl halides is 3. The molecule has 1 aromatic heterocycles. The topological polar surface area (TPSA) is 107 Å². The van der Waals surface area contributed by atoms with Gasteiger partial charge in [0.05, 0.1) is 15.7 Å². The fourth-order valence-corrected chi connectivity index (χ4v) is 8.65. The SMILES string of the molecule is Cc1cc(S(=O)(=O)C2CC3(CCNCC3)C2)ccc1Nc1ncc(C(F)(F)F)c(N2CC(C)CC(C)(O)C2)n1. The number of aryl methyl sites for hydroxylation is 1. The number of benzene rings is 1. The van der Waals surface area contributed by atoms with Crippen LogP contribution in [0, 0.1) is 18.3 Å². The summed E-state index contributed by atoms with van der Waals surface area (Å²) in [5.74, 6) is -0.361. The van der Waals surface area contributed by atoms with E-state index in [1.807, 2.05) is 6.92 Å². The van der Waals surface area contributed by atoms with Gasteiger partial charge in [-0.2, -0.15) is 18.2 Å². The Bertz CT molecular complexity index is 1330. The second-order valence-electron chi connectivity index (χ2n) is 12.0. The molecule has 0 amide bonds. The number of hydrogen-bond donors (Lipinski definition) is 3. The Kier molecular flexibility index (Phi) is 7.12. The van der Waals surface area contributed by atoms with E-state index in [1.165, 1.54) is 11.0 Å². The van der Waals surface area contributed by atoms with Crippen molar-refractivity contribution in [2.75, 3.05) is 36.4 Å². The molecule has 3 N–H and O–H groups in total. The number of sulfone groups is 1. The minimum atomic E-state index is -4.67. The monoisotopic (exact) mass is 567 g/mol. The number of aromatic nitrogens is 2. The van der Waals surface area contributed by atoms with E-state index in [9.17, 15) is 26.7 Å². The lowest BCUT2D eigenvalue weighted by Crippen LogP contribution is -2.50. The molecule has 0 bridgehead atoms. The first-order chi connectivity index (χ1) is 18.2. The number of β-amino-alcohol motifs (C(OH)–C–C–N with tert-alkyl or cyclic N) is 1. The number of rotatable bonds is 5. The van der Waals surface area contributed by atoms with Gasteiger partial charge in [-0.3, -0.25) is 0 Å². The Morgan fingerprint density at radius 2 is 1.87 bits per heavy atom. The Labute approximate surface area is 227 Å². The summed E-state index contributed by atoms with van der Waals surface area (Å²) in [6.45, 7) is 7.42. The number of anilines is 3. The molecule has 12 heteroatoms. The smallest absolute Gasteiger partial charge is 0.388 e. The van der Waals surface area contributed by atoms with E-state index >= 15 is 0 Å². The molecule has 1 spiro atoms. The van der Waals surface area contributed by atoms with E-state index in [2.05, 4.69) is 20.6 Å². The van der Waals surface area contributed by atoms with Crippen molar-refractivity contribution in [2.24, 2.45) is 11.3 Å². The van der Waals surface area contributed by atoms with Crippen molar-refractivity contribution < 1.29 is 26.7 Å². The van der Waals surface area contributed by atoms with E-state index in [0.29, 0.717) is 37.1 Å². The minimum absolute atomic E-state index is 0.0153. The highest BCUT2D eigenvalue weighted by Crippen LogP contribution is 2.51. The predicted octanol–water partition coefficient (Wildman–Crippen LogP) is 4.45. The zero-order chi connectivity index (χ0) is 28.2. The van der Waals surface area contributed by atoms with E-state index < -0.39 is 32.4 Å². The van der Waals surface area contributed by atoms with Crippen LogP contribution in [0.25, 0.3) is 0 Å². The fourth-order valence-electron chi connectivity index (χ4n) is 6.52. The van der Waals surface area contributed by atoms with Crippen LogP contribution in [0.15, 0.2) is 29.3 Å². The minimum Gasteiger partial charge on any atom is -0.388 e. The lowest BCUT2D eigenvalue weighted by molar-refractivity contribution is -0.137. The van der Waals surface area contributed by atoms with E-state index in [-0.39, 0.29) is 34.5 Å². The first kappa shape index (κ1) is 28.1. The third kappa shape index (κ3) is 5.74. The highest BCUT2D eigenvalue weighted by molar-refractivity contribution is 7.92. The average molecular weight is 568 g/mol. The van der Waals surface area contributed by atoms with Gasteiger partial charge in [0.25, 0.3) is 0 Å². The van der Waals surface area contributed by atoms with Crippen molar-refractivity contribution in [3.63, 3.8) is 0 Å². The molecule has 3 heterocycles. The van der Waals surface area contributed by atoms with E-state index in [4.69, 9.17) is 0 Å². The third-order valence-corrected chi connectivity index (χ3v) is 10.5. The molecule has 1 saturated carbocycles. The molecule has 2 aromatic rings. The molecular formula is C27H36F3N5O3S. The number of aliphatic hydroxyl groups is 1. The maximum atomic E-state index is 13.8. The number of halogens is 3. The van der Waals surface area contributed by atoms with Crippen molar-refractivity contribution in [3.8, 4) is 0 Å². The van der Waals surface area contributed by atoms with Gasteiger partial charge in [-0.15, -0.1) is 0 Å². The molecule has 0 radical (unpaired) electrons. The molecule has 214 valence electrons. The molecule has 2 atom stereocenters. The number of piperidine rings is 2. The molecule has 39 heavy (non-hydrogen) atoms. The van der Waals surface area contributed by atoms with Crippen LogP contribution < -0.4 is 15.5 Å². The van der Waals surface area contributed by atoms with Gasteiger partial charge in [0, 0.05) is 25.0 Å². The van der Waals surface area contributed by atoms with Gasteiger partial charge in [0.2, 0.25) is 5.95 Å². The maximum Gasteiger partial charge on any atom is 0.421 e. The second-order valence-corrected chi connectivity index (χ2v) is 14.3. The largest absolute Gasteiger partial charge is 0.421 e. The van der Waals surface area contributed by atoms with Gasteiger partial charge in [0.15, 0.2) is 9.84 Å². The van der Waals surface area contributed by atoms with Crippen molar-refractivity contribution >= 4 is 27.3 Å². The Morgan fingerprint density at radius 3 is 2.49 bits per heavy atom. The van der Waals surface area contributed by atoms with Crippen LogP contribution in [0.3, 0.4) is 0 Å². The van der Waals surface area contributed by atoms with Crippen LogP contribution >= 0.6 is 0 Å². The first-order valence-corrected chi connectivity index (χ1v) is 15.0. The fraction of sp³-hybridized carbons (Fsp3) is 0.630. The lowest BCUT2D eigenvalue weighted by atomic mass is 9.63. The van der Waals surface area contributed by atoms with E-state index in [0.717, 1.165) is 32.1 Å². The molecular weight excluding hydrogens is 531 g/mol. The van der Waals surface area contributed by atoms with Gasteiger partial charge in [-0.25, -0.2) is 13.4 Å². The Morgan fingerprint density at radius 1 is 1.18 bits per heavy atom. The van der Waals surface area contributed by atoms with Crippen LogP contribution in [0.1, 0.15) is 57.1 Å². The molecule has 2 saturated heterocycles. The summed E-state index contributed by atoms with van der Waals surface area (Å²) in [6, 6.07) is 4.74. The predicted molar refractivity (Wildman–Crippen MR) is 143 cm³/mol. The summed E-state index contributed by atoms with van der Waals surface area (Å²) in [6.07, 6.45) is -0.0660. The summed E-state index contributed by atoms with van der Waals surface area (Å²) in [4.78, 5) is 9.83. The summed E-state index contributed by atoms with van der Waals surface area (Å²) < 4.78 is 68.1. The quantitative estimate of drug-likeness (QED) is 0.487. The zero-order valence-electron chi connectivity index (χ0n) is 22.5. The van der Waals surface area contributed by atoms with E-state index in [1.54, 1.807) is 26.0 Å². The Hall–Kier alpha value is -2.44. The van der Waals surface area contributed by atoms with Crippen LogP contribution in [-0.2, 0) is 16.0 Å². The molecule has 3 aliphatic rings. The summed E-state index contributed by atoms with van der Waals surface area (Å²) in [5.41, 5.74) is -0.862. The summed E-state index contributed by atoms with van der Waals surface area (Å²) in [5, 5.41) is 16.5. The number of nitrogens with one attached hydrogen (secondary N) is 2. The normalized spacial score (nSPS) is 25.9. The first-order valence-electron chi connectivity index (χ1n) is 13.4. The van der Waals surface area contributed by atoms with Gasteiger partial charge >= 0.3 is 6.18 Å². The molecule has 1 aliphatic carbocycles. The van der Waals surface area contributed by atoms with Crippen molar-refractivity contribution in [2.45, 2.75) is 74.8 Å². The standard InChI is InChI=1S/C27H36F3N5O3S/c1-17-11-25(3,36)16-35(15-17)23-21(27(28,29)30)14-32-24(34-23)33-22-5-4-19(10-18(22)2)39(37,38)20-12-26(13-20)6-8-31-9-7-26/h4-5,10,14,17,20,31,36H,6-9,11-13,15-16H2,1-3H3,(H,32,33,34). The van der Waals surface area contributed by atoms with Gasteiger partial charge in [-0.1, -0.05) is 6.92 Å². The summed E-state index contributed by atoms with van der Waals surface area (Å²) in [7, 11) is -3.48. The molecule has 3 fully saturated rings. The third-order valence-electron chi connectivity index (χ3n) is 8.42. The summed E-state index contributed by atoms with van der Waals surface area (Å²) >= 11 is 0. The molecule has 5 rings (SSSR count). The van der Waals surface area contributed by atoms with Crippen LogP contribution in [0.5, 0.6) is 0 Å². The number of nitrogens with zero attached hydrogens (tertiary/aromatic N) is 3. The van der Waals surface area contributed by atoms with Crippen LogP contribution in [-0.4, -0.2) is 60.5 Å². The van der Waals surface area contributed by atoms with Crippen LogP contribution in [0.2, 0.25) is 0 Å². The van der Waals surface area contributed by atoms with Crippen molar-refractivity contribution in [1.82, 2.24) is 15.3 Å². The highest BCUT2D eigenvalue weighted by atomic mass is 32.2. The second kappa shape index (κ2) is 9.88. The molecule has 2 unspecified atom stereocenters. The molecule has 8 nitrogen and oxygen atoms in total. The Balaban J connectivity index is 1.37. The van der Waals surface area contributed by atoms with Gasteiger partial charge in [0.1, 0.15) is 11.4 Å².